The number of rotatable bonds is 4. The third-order valence-corrected chi connectivity index (χ3v) is 3.80. The summed E-state index contributed by atoms with van der Waals surface area (Å²) in [4.78, 5) is 33.3. The lowest BCUT2D eigenvalue weighted by Gasteiger charge is -2.11. The van der Waals surface area contributed by atoms with Gasteiger partial charge in [-0.25, -0.2) is 0 Å². The first-order chi connectivity index (χ1) is 9.88. The van der Waals surface area contributed by atoms with E-state index in [-0.39, 0.29) is 22.8 Å². The molecule has 0 heterocycles. The lowest BCUT2D eigenvalue weighted by Crippen LogP contribution is -2.22. The molecule has 2 rings (SSSR count). The third-order valence-electron chi connectivity index (χ3n) is 3.57. The summed E-state index contributed by atoms with van der Waals surface area (Å²) in [6.07, 6.45) is 1.16. The minimum absolute atomic E-state index is 0.0631. The van der Waals surface area contributed by atoms with Crippen LogP contribution in [0.3, 0.4) is 0 Å². The van der Waals surface area contributed by atoms with Crippen LogP contribution in [0.25, 0.3) is 0 Å². The highest BCUT2D eigenvalue weighted by atomic mass is 35.5. The number of halogens is 1. The van der Waals surface area contributed by atoms with Crippen LogP contribution in [-0.4, -0.2) is 21.9 Å². The second-order valence-electron chi connectivity index (χ2n) is 4.95. The molecule has 1 amide bonds. The molecular formula is C13H13ClN2O5. The number of nitrogens with one attached hydrogen (secondary N) is 1. The van der Waals surface area contributed by atoms with Crippen LogP contribution in [0, 0.1) is 22.0 Å². The van der Waals surface area contributed by atoms with Gasteiger partial charge in [0.25, 0.3) is 5.69 Å². The van der Waals surface area contributed by atoms with E-state index < -0.39 is 28.6 Å². The van der Waals surface area contributed by atoms with Gasteiger partial charge in [0.05, 0.1) is 10.8 Å². The van der Waals surface area contributed by atoms with Gasteiger partial charge >= 0.3 is 5.97 Å². The summed E-state index contributed by atoms with van der Waals surface area (Å²) in [5, 5.41) is 22.5. The van der Waals surface area contributed by atoms with Gasteiger partial charge in [-0.1, -0.05) is 11.6 Å². The van der Waals surface area contributed by atoms with Crippen LogP contribution in [0.2, 0.25) is 5.02 Å². The van der Waals surface area contributed by atoms with Gasteiger partial charge in [-0.3, -0.25) is 19.7 Å². The van der Waals surface area contributed by atoms with Crippen molar-refractivity contribution in [2.45, 2.75) is 19.3 Å². The lowest BCUT2D eigenvalue weighted by atomic mass is 10.0. The number of nitrogens with zero attached hydrogens (tertiary/aromatic N) is 1. The van der Waals surface area contributed by atoms with Crippen molar-refractivity contribution < 1.29 is 19.6 Å². The van der Waals surface area contributed by atoms with Gasteiger partial charge in [-0.05, 0) is 31.4 Å². The Morgan fingerprint density at radius 3 is 2.57 bits per heavy atom. The molecule has 2 N–H and O–H groups in total. The number of hydrogen-bond acceptors (Lipinski definition) is 4. The number of nitro groups is 1. The Kier molecular flexibility index (Phi) is 4.42. The summed E-state index contributed by atoms with van der Waals surface area (Å²) in [5.74, 6) is -2.28. The Morgan fingerprint density at radius 2 is 2.00 bits per heavy atom. The topological polar surface area (TPSA) is 110 Å². The number of hydrogen-bond donors (Lipinski definition) is 2. The number of anilines is 1. The Hall–Kier alpha value is -2.15. The maximum Gasteiger partial charge on any atom is 0.306 e. The molecular weight excluding hydrogens is 300 g/mol. The van der Waals surface area contributed by atoms with Crippen molar-refractivity contribution in [1.29, 1.82) is 0 Å². The van der Waals surface area contributed by atoms with Crippen molar-refractivity contribution in [3.8, 4) is 0 Å². The highest BCUT2D eigenvalue weighted by Gasteiger charge is 2.34. The first-order valence-corrected chi connectivity index (χ1v) is 6.74. The highest BCUT2D eigenvalue weighted by molar-refractivity contribution is 6.31. The summed E-state index contributed by atoms with van der Waals surface area (Å²) in [7, 11) is 0. The summed E-state index contributed by atoms with van der Waals surface area (Å²) in [6, 6.07) is 3.97. The van der Waals surface area contributed by atoms with E-state index >= 15 is 0 Å². The van der Waals surface area contributed by atoms with Crippen molar-refractivity contribution in [1.82, 2.24) is 0 Å². The quantitative estimate of drug-likeness (QED) is 0.656. The maximum absolute atomic E-state index is 12.1. The molecule has 1 aromatic rings. The fraction of sp³-hybridized carbons (Fsp3) is 0.385. The molecule has 0 spiro atoms. The number of amides is 1. The summed E-state index contributed by atoms with van der Waals surface area (Å²) < 4.78 is 0. The molecule has 0 bridgehead atoms. The van der Waals surface area contributed by atoms with E-state index in [1.165, 1.54) is 12.1 Å². The van der Waals surface area contributed by atoms with Crippen molar-refractivity contribution in [3.63, 3.8) is 0 Å². The van der Waals surface area contributed by atoms with E-state index in [0.29, 0.717) is 12.8 Å². The molecule has 0 aliphatic heterocycles. The standard InChI is InChI=1S/C13H13ClN2O5/c14-9-3-4-10(11(6-9)16(20)21)15-12(17)7-1-2-8(5-7)13(18)19/h3-4,6-8H,1-2,5H2,(H,15,17)(H,18,19). The van der Waals surface area contributed by atoms with Crippen LogP contribution in [0.5, 0.6) is 0 Å². The van der Waals surface area contributed by atoms with Crippen LogP contribution in [0.1, 0.15) is 19.3 Å². The molecule has 8 heteroatoms. The first-order valence-electron chi connectivity index (χ1n) is 6.36. The average molecular weight is 313 g/mol. The van der Waals surface area contributed by atoms with Crippen molar-refractivity contribution in [3.05, 3.63) is 33.3 Å². The molecule has 0 saturated heterocycles. The summed E-state index contributed by atoms with van der Waals surface area (Å²) in [6.45, 7) is 0. The van der Waals surface area contributed by atoms with Gasteiger partial charge in [0.15, 0.2) is 0 Å². The van der Waals surface area contributed by atoms with Gasteiger partial charge in [0, 0.05) is 17.0 Å². The lowest BCUT2D eigenvalue weighted by molar-refractivity contribution is -0.383. The minimum atomic E-state index is -0.914. The molecule has 1 aliphatic rings. The van der Waals surface area contributed by atoms with E-state index in [4.69, 9.17) is 16.7 Å². The van der Waals surface area contributed by atoms with Gasteiger partial charge < -0.3 is 10.4 Å². The van der Waals surface area contributed by atoms with Gasteiger partial charge in [-0.2, -0.15) is 0 Å². The van der Waals surface area contributed by atoms with Crippen LogP contribution < -0.4 is 5.32 Å². The molecule has 2 atom stereocenters. The average Bonchev–Trinajstić information content (AvgIpc) is 2.90. The van der Waals surface area contributed by atoms with E-state index in [2.05, 4.69) is 5.32 Å². The van der Waals surface area contributed by atoms with Gasteiger partial charge in [0.1, 0.15) is 5.69 Å². The van der Waals surface area contributed by atoms with Crippen molar-refractivity contribution in [2.75, 3.05) is 5.32 Å². The summed E-state index contributed by atoms with van der Waals surface area (Å²) >= 11 is 5.70. The second kappa shape index (κ2) is 6.09. The molecule has 7 nitrogen and oxygen atoms in total. The second-order valence-corrected chi connectivity index (χ2v) is 5.39. The number of carbonyl (C=O) groups is 2. The predicted octanol–water partition coefficient (Wildman–Crippen LogP) is 2.69. The Bertz CT molecular complexity index is 604. The largest absolute Gasteiger partial charge is 0.481 e. The molecule has 1 aromatic carbocycles. The van der Waals surface area contributed by atoms with Gasteiger partial charge in [-0.15, -0.1) is 0 Å². The number of carbonyl (C=O) groups excluding carboxylic acids is 1. The summed E-state index contributed by atoms with van der Waals surface area (Å²) in [5.41, 5.74) is -0.225. The molecule has 0 radical (unpaired) electrons. The zero-order chi connectivity index (χ0) is 15.6. The van der Waals surface area contributed by atoms with E-state index in [9.17, 15) is 19.7 Å². The minimum Gasteiger partial charge on any atom is -0.481 e. The van der Waals surface area contributed by atoms with Gasteiger partial charge in [0.2, 0.25) is 5.91 Å². The third kappa shape index (κ3) is 3.49. The number of aliphatic carboxylic acids is 1. The number of benzene rings is 1. The SMILES string of the molecule is O=C(O)C1CCC(C(=O)Nc2ccc(Cl)cc2[N+](=O)[O-])C1. The van der Waals surface area contributed by atoms with Crippen molar-refractivity contribution in [2.24, 2.45) is 11.8 Å². The normalized spacial score (nSPS) is 21.0. The fourth-order valence-corrected chi connectivity index (χ4v) is 2.61. The van der Waals surface area contributed by atoms with Crippen LogP contribution in [0.4, 0.5) is 11.4 Å². The number of nitro benzene ring substituents is 1. The van der Waals surface area contributed by atoms with E-state index in [0.717, 1.165) is 6.07 Å². The Labute approximate surface area is 125 Å². The molecule has 0 aromatic heterocycles. The van der Waals surface area contributed by atoms with E-state index in [1.54, 1.807) is 0 Å². The highest BCUT2D eigenvalue weighted by Crippen LogP contribution is 2.33. The van der Waals surface area contributed by atoms with E-state index in [1.807, 2.05) is 0 Å². The molecule has 2 unspecified atom stereocenters. The molecule has 112 valence electrons. The van der Waals surface area contributed by atoms with Crippen molar-refractivity contribution >= 4 is 34.9 Å². The van der Waals surface area contributed by atoms with Crippen LogP contribution >= 0.6 is 11.6 Å². The number of carboxylic acids is 1. The molecule has 1 saturated carbocycles. The first kappa shape index (κ1) is 15.2. The molecule has 21 heavy (non-hydrogen) atoms. The van der Waals surface area contributed by atoms with Crippen LogP contribution in [-0.2, 0) is 9.59 Å². The Morgan fingerprint density at radius 1 is 1.33 bits per heavy atom. The smallest absolute Gasteiger partial charge is 0.306 e. The predicted molar refractivity (Wildman–Crippen MR) is 75.2 cm³/mol. The Balaban J connectivity index is 2.10. The molecule has 1 fully saturated rings. The van der Waals surface area contributed by atoms with Crippen LogP contribution in [0.15, 0.2) is 18.2 Å². The number of carboxylic acid groups (broad SMARTS) is 1. The maximum atomic E-state index is 12.1. The fourth-order valence-electron chi connectivity index (χ4n) is 2.44. The zero-order valence-electron chi connectivity index (χ0n) is 10.9. The monoisotopic (exact) mass is 312 g/mol. The zero-order valence-corrected chi connectivity index (χ0v) is 11.7. The molecule has 1 aliphatic carbocycles.